The number of methoxy groups -OCH3 is 2. The van der Waals surface area contributed by atoms with Gasteiger partial charge in [0, 0.05) is 18.4 Å². The molecule has 0 bridgehead atoms. The molecular formula is C19H19ClN2O5. The second kappa shape index (κ2) is 9.05. The van der Waals surface area contributed by atoms with Gasteiger partial charge in [-0.15, -0.1) is 0 Å². The molecule has 1 aliphatic rings. The van der Waals surface area contributed by atoms with Crippen LogP contribution in [0.15, 0.2) is 53.9 Å². The molecule has 1 amide bonds. The van der Waals surface area contributed by atoms with Crippen molar-refractivity contribution in [2.24, 2.45) is 0 Å². The van der Waals surface area contributed by atoms with Crippen molar-refractivity contribution in [1.82, 2.24) is 5.32 Å². The fourth-order valence-corrected chi connectivity index (χ4v) is 2.66. The molecule has 0 spiro atoms. The van der Waals surface area contributed by atoms with E-state index in [4.69, 9.17) is 21.1 Å². The van der Waals surface area contributed by atoms with E-state index in [9.17, 15) is 14.4 Å². The first kappa shape index (κ1) is 20.3. The van der Waals surface area contributed by atoms with E-state index in [1.807, 2.05) is 0 Å². The number of esters is 2. The number of hydrogen-bond donors (Lipinski definition) is 1. The van der Waals surface area contributed by atoms with Crippen LogP contribution >= 0.6 is 11.6 Å². The Labute approximate surface area is 161 Å². The molecule has 1 N–H and O–H groups in total. The van der Waals surface area contributed by atoms with Crippen molar-refractivity contribution in [3.63, 3.8) is 0 Å². The van der Waals surface area contributed by atoms with Gasteiger partial charge in [0.05, 0.1) is 30.4 Å². The number of carbonyl (C=O) groups excluding carboxylic acids is 3. The smallest absolute Gasteiger partial charge is 0.355 e. The summed E-state index contributed by atoms with van der Waals surface area (Å²) in [6, 6.07) is 4.69. The minimum Gasteiger partial charge on any atom is -0.465 e. The number of benzene rings is 1. The number of anilines is 1. The highest BCUT2D eigenvalue weighted by Crippen LogP contribution is 2.29. The molecule has 0 unspecified atom stereocenters. The average Bonchev–Trinajstić information content (AvgIpc) is 2.90. The van der Waals surface area contributed by atoms with Crippen LogP contribution in [-0.4, -0.2) is 38.6 Å². The van der Waals surface area contributed by atoms with Crippen LogP contribution in [-0.2, 0) is 19.1 Å². The first-order chi connectivity index (χ1) is 12.9. The third-order valence-corrected chi connectivity index (χ3v) is 4.03. The molecule has 7 nitrogen and oxygen atoms in total. The molecule has 0 radical (unpaired) electrons. The highest BCUT2D eigenvalue weighted by molar-refractivity contribution is 6.34. The largest absolute Gasteiger partial charge is 0.465 e. The Balaban J connectivity index is 2.64. The lowest BCUT2D eigenvalue weighted by atomic mass is 10.1. The lowest BCUT2D eigenvalue weighted by Crippen LogP contribution is -2.28. The Morgan fingerprint density at radius 2 is 1.81 bits per heavy atom. The van der Waals surface area contributed by atoms with E-state index in [1.165, 1.54) is 31.3 Å². The molecule has 0 saturated heterocycles. The predicted molar refractivity (Wildman–Crippen MR) is 101 cm³/mol. The summed E-state index contributed by atoms with van der Waals surface area (Å²) in [4.78, 5) is 38.3. The van der Waals surface area contributed by atoms with Gasteiger partial charge in [-0.1, -0.05) is 17.7 Å². The van der Waals surface area contributed by atoms with Crippen LogP contribution in [0.4, 0.5) is 5.69 Å². The number of halogens is 1. The summed E-state index contributed by atoms with van der Waals surface area (Å²) in [5.41, 5.74) is 0.662. The van der Waals surface area contributed by atoms with E-state index in [2.05, 4.69) is 5.32 Å². The molecule has 0 fully saturated rings. The maximum Gasteiger partial charge on any atom is 0.355 e. The van der Waals surface area contributed by atoms with Gasteiger partial charge in [0.15, 0.2) is 0 Å². The number of carbonyl (C=O) groups is 3. The van der Waals surface area contributed by atoms with Crippen LogP contribution in [0.5, 0.6) is 0 Å². The fourth-order valence-electron chi connectivity index (χ4n) is 2.46. The lowest BCUT2D eigenvalue weighted by Gasteiger charge is -2.23. The standard InChI is InChI=1S/C19H19ClN2O5/c1-4-21-17(23)14-11-12(8-9-15(14)20)22-10-6-5-7-13(18(24)26-2)16(22)19(25)27-3/h5-11H,4H2,1-3H3,(H,21,23). The molecule has 27 heavy (non-hydrogen) atoms. The zero-order chi connectivity index (χ0) is 20.0. The minimum atomic E-state index is -0.735. The topological polar surface area (TPSA) is 84.9 Å². The van der Waals surface area contributed by atoms with E-state index in [-0.39, 0.29) is 27.8 Å². The summed E-state index contributed by atoms with van der Waals surface area (Å²) in [6.07, 6.45) is 6.26. The molecule has 1 aromatic carbocycles. The van der Waals surface area contributed by atoms with Crippen molar-refractivity contribution in [2.75, 3.05) is 25.7 Å². The third-order valence-electron chi connectivity index (χ3n) is 3.70. The van der Waals surface area contributed by atoms with Crippen molar-refractivity contribution in [3.05, 3.63) is 64.5 Å². The van der Waals surface area contributed by atoms with Gasteiger partial charge in [-0.3, -0.25) is 4.79 Å². The van der Waals surface area contributed by atoms with Crippen LogP contribution in [0, 0.1) is 0 Å². The number of ether oxygens (including phenoxy) is 2. The molecule has 8 heteroatoms. The van der Waals surface area contributed by atoms with Crippen molar-refractivity contribution < 1.29 is 23.9 Å². The van der Waals surface area contributed by atoms with Crippen molar-refractivity contribution in [3.8, 4) is 0 Å². The van der Waals surface area contributed by atoms with E-state index in [0.717, 1.165) is 0 Å². The summed E-state index contributed by atoms with van der Waals surface area (Å²) in [7, 11) is 2.43. The molecule has 0 saturated carbocycles. The average molecular weight is 391 g/mol. The zero-order valence-electron chi connectivity index (χ0n) is 15.1. The molecule has 2 rings (SSSR count). The van der Waals surface area contributed by atoms with Gasteiger partial charge in [-0.25, -0.2) is 9.59 Å². The highest BCUT2D eigenvalue weighted by atomic mass is 35.5. The van der Waals surface area contributed by atoms with E-state index in [1.54, 1.807) is 37.4 Å². The zero-order valence-corrected chi connectivity index (χ0v) is 15.9. The Kier molecular flexibility index (Phi) is 6.79. The number of allylic oxidation sites excluding steroid dienone is 2. The van der Waals surface area contributed by atoms with Crippen LogP contribution in [0.2, 0.25) is 5.02 Å². The molecule has 0 aliphatic carbocycles. The van der Waals surface area contributed by atoms with Gasteiger partial charge in [0.2, 0.25) is 0 Å². The van der Waals surface area contributed by atoms with Gasteiger partial charge in [0.1, 0.15) is 5.70 Å². The minimum absolute atomic E-state index is 0.0175. The summed E-state index contributed by atoms with van der Waals surface area (Å²) in [5.74, 6) is -1.78. The Morgan fingerprint density at radius 1 is 1.11 bits per heavy atom. The normalized spacial score (nSPS) is 13.3. The Morgan fingerprint density at radius 3 is 2.44 bits per heavy atom. The fraction of sp³-hybridized carbons (Fsp3) is 0.211. The van der Waals surface area contributed by atoms with Crippen LogP contribution in [0.3, 0.4) is 0 Å². The third kappa shape index (κ3) is 4.38. The van der Waals surface area contributed by atoms with E-state index < -0.39 is 11.9 Å². The summed E-state index contributed by atoms with van der Waals surface area (Å²) in [6.45, 7) is 2.23. The van der Waals surface area contributed by atoms with Crippen LogP contribution < -0.4 is 10.2 Å². The predicted octanol–water partition coefficient (Wildman–Crippen LogP) is 2.58. The van der Waals surface area contributed by atoms with Gasteiger partial charge in [-0.05, 0) is 37.3 Å². The van der Waals surface area contributed by atoms with Crippen LogP contribution in [0.25, 0.3) is 0 Å². The summed E-state index contributed by atoms with van der Waals surface area (Å²) in [5, 5.41) is 2.94. The second-order valence-electron chi connectivity index (χ2n) is 5.34. The lowest BCUT2D eigenvalue weighted by molar-refractivity contribution is -0.139. The first-order valence-electron chi connectivity index (χ1n) is 8.07. The maximum absolute atomic E-state index is 12.4. The van der Waals surface area contributed by atoms with Gasteiger partial charge in [0.25, 0.3) is 5.91 Å². The number of hydrogen-bond acceptors (Lipinski definition) is 6. The maximum atomic E-state index is 12.4. The molecule has 0 aromatic heterocycles. The monoisotopic (exact) mass is 390 g/mol. The molecule has 1 aromatic rings. The highest BCUT2D eigenvalue weighted by Gasteiger charge is 2.28. The number of amides is 1. The first-order valence-corrected chi connectivity index (χ1v) is 8.45. The SMILES string of the molecule is CCNC(=O)c1cc(N2C=CC=CC(C(=O)OC)=C2C(=O)OC)ccc1Cl. The van der Waals surface area contributed by atoms with Crippen molar-refractivity contribution in [2.45, 2.75) is 6.92 Å². The quantitative estimate of drug-likeness (QED) is 0.778. The molecule has 0 atom stereocenters. The van der Waals surface area contributed by atoms with E-state index in [0.29, 0.717) is 12.2 Å². The summed E-state index contributed by atoms with van der Waals surface area (Å²) < 4.78 is 9.61. The van der Waals surface area contributed by atoms with Crippen LogP contribution in [0.1, 0.15) is 17.3 Å². The summed E-state index contributed by atoms with van der Waals surface area (Å²) >= 11 is 6.14. The van der Waals surface area contributed by atoms with Crippen molar-refractivity contribution in [1.29, 1.82) is 0 Å². The van der Waals surface area contributed by atoms with Crippen molar-refractivity contribution >= 4 is 35.1 Å². The molecule has 1 heterocycles. The van der Waals surface area contributed by atoms with Gasteiger partial charge in [-0.2, -0.15) is 0 Å². The molecule has 142 valence electrons. The van der Waals surface area contributed by atoms with E-state index >= 15 is 0 Å². The number of rotatable bonds is 5. The Bertz CT molecular complexity index is 858. The molecular weight excluding hydrogens is 372 g/mol. The molecule has 1 aliphatic heterocycles. The number of nitrogens with one attached hydrogen (secondary N) is 1. The van der Waals surface area contributed by atoms with Gasteiger partial charge >= 0.3 is 11.9 Å². The van der Waals surface area contributed by atoms with Gasteiger partial charge < -0.3 is 19.7 Å². The second-order valence-corrected chi connectivity index (χ2v) is 5.75. The Hall–Kier alpha value is -3.06. The number of nitrogens with zero attached hydrogens (tertiary/aromatic N) is 1.